The standard InChI is InChI=1S/C23H26N4O6S/c24-22-26-19(14-34-22)20(29)21(30)25-16-8-6-15(7-9-16)10-11-27(23(31)32)12-17(28)13-33-18-4-2-1-3-5-18/h1-9,14,17,20,28-29H,10-13H2,(H2,24,26)(H,25,30)(H,31,32)/t17?,20-/m0/s1. The number of aromatic nitrogens is 1. The molecule has 0 aliphatic heterocycles. The molecule has 180 valence electrons. The molecule has 0 radical (unpaired) electrons. The second-order valence-corrected chi connectivity index (χ2v) is 8.35. The first-order valence-electron chi connectivity index (χ1n) is 10.4. The van der Waals surface area contributed by atoms with Crippen LogP contribution < -0.4 is 15.8 Å². The first-order chi connectivity index (χ1) is 16.3. The second-order valence-electron chi connectivity index (χ2n) is 7.46. The number of ether oxygens (including phenoxy) is 1. The number of aliphatic hydroxyl groups excluding tert-OH is 2. The fourth-order valence-corrected chi connectivity index (χ4v) is 3.65. The number of aliphatic hydroxyl groups is 2. The van der Waals surface area contributed by atoms with Gasteiger partial charge < -0.3 is 36.0 Å². The first-order valence-corrected chi connectivity index (χ1v) is 11.3. The third kappa shape index (κ3) is 7.44. The summed E-state index contributed by atoms with van der Waals surface area (Å²) in [6.07, 6.45) is -3.14. The van der Waals surface area contributed by atoms with Gasteiger partial charge in [0.15, 0.2) is 11.2 Å². The maximum Gasteiger partial charge on any atom is 0.407 e. The molecule has 0 saturated carbocycles. The van der Waals surface area contributed by atoms with E-state index in [9.17, 15) is 24.9 Å². The van der Waals surface area contributed by atoms with Gasteiger partial charge in [-0.1, -0.05) is 30.3 Å². The highest BCUT2D eigenvalue weighted by molar-refractivity contribution is 7.13. The van der Waals surface area contributed by atoms with Crippen LogP contribution >= 0.6 is 11.3 Å². The summed E-state index contributed by atoms with van der Waals surface area (Å²) in [7, 11) is 0. The second kappa shape index (κ2) is 12.0. The molecule has 1 heterocycles. The minimum Gasteiger partial charge on any atom is -0.491 e. The van der Waals surface area contributed by atoms with Crippen LogP contribution in [-0.4, -0.2) is 63.0 Å². The lowest BCUT2D eigenvalue weighted by Crippen LogP contribution is -2.40. The average molecular weight is 487 g/mol. The molecule has 1 unspecified atom stereocenters. The molecule has 0 fully saturated rings. The number of anilines is 2. The summed E-state index contributed by atoms with van der Waals surface area (Å²) in [5.41, 5.74) is 7.02. The highest BCUT2D eigenvalue weighted by atomic mass is 32.1. The van der Waals surface area contributed by atoms with Gasteiger partial charge in [-0.3, -0.25) is 4.79 Å². The number of nitrogens with zero attached hydrogens (tertiary/aromatic N) is 2. The smallest absolute Gasteiger partial charge is 0.407 e. The van der Waals surface area contributed by atoms with E-state index in [-0.39, 0.29) is 30.5 Å². The van der Waals surface area contributed by atoms with Crippen LogP contribution in [0.25, 0.3) is 0 Å². The summed E-state index contributed by atoms with van der Waals surface area (Å²) < 4.78 is 5.47. The number of hydrogen-bond donors (Lipinski definition) is 5. The van der Waals surface area contributed by atoms with E-state index in [1.54, 1.807) is 48.5 Å². The SMILES string of the molecule is Nc1nc([C@H](O)C(=O)Nc2ccc(CCN(CC(O)COc3ccccc3)C(=O)O)cc2)cs1. The molecule has 0 spiro atoms. The normalized spacial score (nSPS) is 12.5. The summed E-state index contributed by atoms with van der Waals surface area (Å²) >= 11 is 1.13. The molecule has 34 heavy (non-hydrogen) atoms. The lowest BCUT2D eigenvalue weighted by Gasteiger charge is -2.22. The molecular weight excluding hydrogens is 460 g/mol. The van der Waals surface area contributed by atoms with Crippen molar-refractivity contribution < 1.29 is 29.6 Å². The van der Waals surface area contributed by atoms with E-state index in [1.807, 2.05) is 6.07 Å². The molecule has 0 bridgehead atoms. The van der Waals surface area contributed by atoms with E-state index in [0.717, 1.165) is 21.8 Å². The molecule has 6 N–H and O–H groups in total. The number of para-hydroxylation sites is 1. The molecule has 3 rings (SSSR count). The number of nitrogens with one attached hydrogen (secondary N) is 1. The zero-order chi connectivity index (χ0) is 24.5. The van der Waals surface area contributed by atoms with E-state index >= 15 is 0 Å². The van der Waals surface area contributed by atoms with Crippen LogP contribution in [0.4, 0.5) is 15.6 Å². The van der Waals surface area contributed by atoms with Crippen molar-refractivity contribution >= 4 is 34.2 Å². The third-order valence-electron chi connectivity index (χ3n) is 4.85. The minimum atomic E-state index is -1.44. The Balaban J connectivity index is 1.47. The van der Waals surface area contributed by atoms with Gasteiger partial charge in [0.25, 0.3) is 5.91 Å². The van der Waals surface area contributed by atoms with Crippen LogP contribution in [-0.2, 0) is 11.2 Å². The minimum absolute atomic E-state index is 0.0263. The largest absolute Gasteiger partial charge is 0.491 e. The molecule has 0 aliphatic carbocycles. The zero-order valence-corrected chi connectivity index (χ0v) is 19.0. The first kappa shape index (κ1) is 25.0. The Morgan fingerprint density at radius 3 is 2.44 bits per heavy atom. The quantitative estimate of drug-likeness (QED) is 0.276. The molecule has 1 aromatic heterocycles. The number of nitrogen functional groups attached to an aromatic ring is 1. The van der Waals surface area contributed by atoms with E-state index in [4.69, 9.17) is 10.5 Å². The van der Waals surface area contributed by atoms with Gasteiger partial charge in [-0.15, -0.1) is 11.3 Å². The molecule has 2 atom stereocenters. The van der Waals surface area contributed by atoms with Crippen molar-refractivity contribution in [3.8, 4) is 5.75 Å². The fourth-order valence-electron chi connectivity index (χ4n) is 3.07. The Kier molecular flexibility index (Phi) is 8.79. The highest BCUT2D eigenvalue weighted by Crippen LogP contribution is 2.20. The van der Waals surface area contributed by atoms with Crippen LogP contribution in [0.5, 0.6) is 5.75 Å². The maximum absolute atomic E-state index is 12.2. The Morgan fingerprint density at radius 2 is 1.82 bits per heavy atom. The van der Waals surface area contributed by atoms with E-state index < -0.39 is 24.2 Å². The number of hydrogen-bond acceptors (Lipinski definition) is 8. The molecule has 3 aromatic rings. The summed E-state index contributed by atoms with van der Waals surface area (Å²) in [4.78, 5) is 28.8. The Morgan fingerprint density at radius 1 is 1.12 bits per heavy atom. The lowest BCUT2D eigenvalue weighted by atomic mass is 10.1. The number of carboxylic acid groups (broad SMARTS) is 1. The maximum atomic E-state index is 12.2. The number of benzene rings is 2. The van der Waals surface area contributed by atoms with Crippen molar-refractivity contribution in [1.29, 1.82) is 0 Å². The van der Waals surface area contributed by atoms with E-state index in [1.165, 1.54) is 5.38 Å². The molecule has 2 amide bonds. The summed E-state index contributed by atoms with van der Waals surface area (Å²) in [6, 6.07) is 15.8. The lowest BCUT2D eigenvalue weighted by molar-refractivity contribution is -0.124. The Hall–Kier alpha value is -3.67. The van der Waals surface area contributed by atoms with Gasteiger partial charge in [-0.05, 0) is 36.2 Å². The zero-order valence-electron chi connectivity index (χ0n) is 18.2. The molecular formula is C23H26N4O6S. The molecule has 2 aromatic carbocycles. The van der Waals surface area contributed by atoms with Gasteiger partial charge >= 0.3 is 6.09 Å². The van der Waals surface area contributed by atoms with Crippen LogP contribution in [0.1, 0.15) is 17.4 Å². The molecule has 11 heteroatoms. The fraction of sp³-hybridized carbons (Fsp3) is 0.261. The molecule has 0 saturated heterocycles. The van der Waals surface area contributed by atoms with Gasteiger partial charge in [0, 0.05) is 17.6 Å². The van der Waals surface area contributed by atoms with Crippen molar-refractivity contribution in [3.63, 3.8) is 0 Å². The van der Waals surface area contributed by atoms with Crippen LogP contribution in [0.15, 0.2) is 60.0 Å². The summed E-state index contributed by atoms with van der Waals surface area (Å²) in [6.45, 7) is 0.0598. The van der Waals surface area contributed by atoms with Crippen molar-refractivity contribution in [2.24, 2.45) is 0 Å². The number of amides is 2. The average Bonchev–Trinajstić information content (AvgIpc) is 3.27. The summed E-state index contributed by atoms with van der Waals surface area (Å²) in [5, 5.41) is 34.1. The van der Waals surface area contributed by atoms with Gasteiger partial charge in [-0.25, -0.2) is 9.78 Å². The highest BCUT2D eigenvalue weighted by Gasteiger charge is 2.20. The van der Waals surface area contributed by atoms with Crippen molar-refractivity contribution in [2.75, 3.05) is 30.7 Å². The number of carbonyl (C=O) groups is 2. The van der Waals surface area contributed by atoms with Gasteiger partial charge in [0.1, 0.15) is 18.5 Å². The predicted molar refractivity (Wildman–Crippen MR) is 128 cm³/mol. The van der Waals surface area contributed by atoms with E-state index in [0.29, 0.717) is 17.9 Å². The summed E-state index contributed by atoms with van der Waals surface area (Å²) in [5.74, 6) is -0.0411. The Labute approximate surface area is 200 Å². The Bertz CT molecular complexity index is 1080. The molecule has 0 aliphatic rings. The number of nitrogens with two attached hydrogens (primary N) is 1. The number of thiazole rings is 1. The molecule has 10 nitrogen and oxygen atoms in total. The monoisotopic (exact) mass is 486 g/mol. The van der Waals surface area contributed by atoms with Crippen molar-refractivity contribution in [1.82, 2.24) is 9.88 Å². The third-order valence-corrected chi connectivity index (χ3v) is 5.54. The van der Waals surface area contributed by atoms with Gasteiger partial charge in [0.2, 0.25) is 0 Å². The number of carbonyl (C=O) groups excluding carboxylic acids is 1. The van der Waals surface area contributed by atoms with E-state index in [2.05, 4.69) is 10.3 Å². The van der Waals surface area contributed by atoms with Gasteiger partial charge in [-0.2, -0.15) is 0 Å². The van der Waals surface area contributed by atoms with Crippen molar-refractivity contribution in [3.05, 3.63) is 71.2 Å². The predicted octanol–water partition coefficient (Wildman–Crippen LogP) is 2.36. The van der Waals surface area contributed by atoms with Crippen LogP contribution in [0, 0.1) is 0 Å². The van der Waals surface area contributed by atoms with Crippen LogP contribution in [0.3, 0.4) is 0 Å². The van der Waals surface area contributed by atoms with Crippen molar-refractivity contribution in [2.45, 2.75) is 18.6 Å². The van der Waals surface area contributed by atoms with Gasteiger partial charge in [0.05, 0.1) is 12.2 Å². The topological polar surface area (TPSA) is 158 Å². The van der Waals surface area contributed by atoms with Crippen LogP contribution in [0.2, 0.25) is 0 Å². The number of rotatable bonds is 11.